The molecule has 1 aromatic heterocycles. The van der Waals surface area contributed by atoms with Crippen molar-refractivity contribution in [2.45, 2.75) is 6.42 Å². The van der Waals surface area contributed by atoms with E-state index in [9.17, 15) is 9.59 Å². The number of hydrogen-bond acceptors (Lipinski definition) is 4. The van der Waals surface area contributed by atoms with Crippen LogP contribution in [0, 0.1) is 0 Å². The van der Waals surface area contributed by atoms with E-state index in [4.69, 9.17) is 0 Å². The summed E-state index contributed by atoms with van der Waals surface area (Å²) in [6, 6.07) is 11.3. The van der Waals surface area contributed by atoms with E-state index >= 15 is 0 Å². The zero-order chi connectivity index (χ0) is 16.8. The Hall–Kier alpha value is -2.18. The van der Waals surface area contributed by atoms with E-state index in [0.29, 0.717) is 13.1 Å². The topological polar surface area (TPSA) is 52.7 Å². The van der Waals surface area contributed by atoms with Crippen molar-refractivity contribution in [3.8, 4) is 0 Å². The molecular weight excluding hydrogens is 322 g/mol. The van der Waals surface area contributed by atoms with Crippen LogP contribution in [0.3, 0.4) is 0 Å². The zero-order valence-corrected chi connectivity index (χ0v) is 14.3. The summed E-state index contributed by atoms with van der Waals surface area (Å²) in [7, 11) is 0. The number of carbonyl (C=O) groups excluding carboxylic acids is 2. The molecule has 3 rings (SSSR count). The van der Waals surface area contributed by atoms with Crippen LogP contribution in [0.5, 0.6) is 0 Å². The molecule has 1 aromatic carbocycles. The molecule has 1 aliphatic heterocycles. The Morgan fingerprint density at radius 2 is 1.88 bits per heavy atom. The molecule has 2 aromatic rings. The Labute approximate surface area is 145 Å². The third kappa shape index (κ3) is 4.43. The third-order valence-corrected chi connectivity index (χ3v) is 4.75. The van der Waals surface area contributed by atoms with Gasteiger partial charge in [0.2, 0.25) is 5.91 Å². The molecule has 5 nitrogen and oxygen atoms in total. The molecule has 1 fully saturated rings. The Balaban J connectivity index is 1.50. The number of para-hydroxylation sites is 1. The first kappa shape index (κ1) is 16.7. The molecule has 0 radical (unpaired) electrons. The normalized spacial score (nSPS) is 15.8. The SMILES string of the molecule is O=C(CN1CCCN(C(=O)c2ccsc2)CC1)Nc1ccccc1. The standard InChI is InChI=1S/C18H21N3O2S/c22-17(19-16-5-2-1-3-6-16)13-20-8-4-9-21(11-10-20)18(23)15-7-12-24-14-15/h1-3,5-7,12,14H,4,8-11,13H2,(H,19,22). The van der Waals surface area contributed by atoms with Crippen LogP contribution in [0.4, 0.5) is 5.69 Å². The fourth-order valence-electron chi connectivity index (χ4n) is 2.83. The summed E-state index contributed by atoms with van der Waals surface area (Å²) in [6.07, 6.45) is 0.883. The highest BCUT2D eigenvalue weighted by molar-refractivity contribution is 7.08. The third-order valence-electron chi connectivity index (χ3n) is 4.07. The lowest BCUT2D eigenvalue weighted by atomic mass is 10.3. The van der Waals surface area contributed by atoms with Crippen LogP contribution in [0.1, 0.15) is 16.8 Å². The van der Waals surface area contributed by atoms with E-state index in [2.05, 4.69) is 10.2 Å². The minimum atomic E-state index is -0.0150. The van der Waals surface area contributed by atoms with E-state index in [1.165, 1.54) is 11.3 Å². The molecule has 1 saturated heterocycles. The second kappa shape index (κ2) is 8.08. The number of benzene rings is 1. The maximum Gasteiger partial charge on any atom is 0.254 e. The van der Waals surface area contributed by atoms with Crippen molar-refractivity contribution >= 4 is 28.8 Å². The molecule has 1 N–H and O–H groups in total. The van der Waals surface area contributed by atoms with Gasteiger partial charge >= 0.3 is 0 Å². The average molecular weight is 343 g/mol. The Morgan fingerprint density at radius 1 is 1.04 bits per heavy atom. The zero-order valence-electron chi connectivity index (χ0n) is 13.5. The summed E-state index contributed by atoms with van der Waals surface area (Å²) in [4.78, 5) is 28.6. The molecule has 2 heterocycles. The molecule has 2 amide bonds. The summed E-state index contributed by atoms with van der Waals surface area (Å²) in [5.41, 5.74) is 1.57. The lowest BCUT2D eigenvalue weighted by molar-refractivity contribution is -0.117. The van der Waals surface area contributed by atoms with Gasteiger partial charge in [0.25, 0.3) is 5.91 Å². The average Bonchev–Trinajstić information content (AvgIpc) is 3.03. The van der Waals surface area contributed by atoms with Gasteiger partial charge in [-0.15, -0.1) is 0 Å². The molecule has 0 unspecified atom stereocenters. The van der Waals surface area contributed by atoms with Crippen molar-refractivity contribution < 1.29 is 9.59 Å². The Kier molecular flexibility index (Phi) is 5.61. The van der Waals surface area contributed by atoms with E-state index in [-0.39, 0.29) is 11.8 Å². The van der Waals surface area contributed by atoms with Crippen molar-refractivity contribution in [2.75, 3.05) is 38.0 Å². The van der Waals surface area contributed by atoms with Gasteiger partial charge in [0.15, 0.2) is 0 Å². The summed E-state index contributed by atoms with van der Waals surface area (Å²) in [5.74, 6) is 0.0747. The van der Waals surface area contributed by atoms with Gasteiger partial charge in [-0.25, -0.2) is 0 Å². The number of carbonyl (C=O) groups is 2. The molecule has 0 atom stereocenters. The maximum absolute atomic E-state index is 12.4. The van der Waals surface area contributed by atoms with Gasteiger partial charge in [-0.3, -0.25) is 14.5 Å². The minimum absolute atomic E-state index is 0.0150. The molecule has 6 heteroatoms. The summed E-state index contributed by atoms with van der Waals surface area (Å²) < 4.78 is 0. The van der Waals surface area contributed by atoms with E-state index in [1.807, 2.05) is 52.1 Å². The van der Waals surface area contributed by atoms with Gasteiger partial charge in [-0.1, -0.05) is 18.2 Å². The van der Waals surface area contributed by atoms with Crippen molar-refractivity contribution in [3.05, 3.63) is 52.7 Å². The molecular formula is C18H21N3O2S. The molecule has 0 saturated carbocycles. The number of hydrogen-bond donors (Lipinski definition) is 1. The van der Waals surface area contributed by atoms with Crippen molar-refractivity contribution in [3.63, 3.8) is 0 Å². The van der Waals surface area contributed by atoms with Crippen LogP contribution < -0.4 is 5.32 Å². The summed E-state index contributed by atoms with van der Waals surface area (Å²) >= 11 is 1.54. The first-order chi connectivity index (χ1) is 11.7. The largest absolute Gasteiger partial charge is 0.337 e. The smallest absolute Gasteiger partial charge is 0.254 e. The second-order valence-electron chi connectivity index (χ2n) is 5.85. The van der Waals surface area contributed by atoms with Crippen LogP contribution in [0.15, 0.2) is 47.2 Å². The fourth-order valence-corrected chi connectivity index (χ4v) is 3.46. The van der Waals surface area contributed by atoms with Crippen LogP contribution in [0.25, 0.3) is 0 Å². The van der Waals surface area contributed by atoms with Crippen LogP contribution in [-0.4, -0.2) is 54.3 Å². The van der Waals surface area contributed by atoms with Crippen molar-refractivity contribution in [1.82, 2.24) is 9.80 Å². The van der Waals surface area contributed by atoms with Crippen LogP contribution in [-0.2, 0) is 4.79 Å². The quantitative estimate of drug-likeness (QED) is 0.928. The molecule has 24 heavy (non-hydrogen) atoms. The summed E-state index contributed by atoms with van der Waals surface area (Å²) in [5, 5.41) is 6.72. The van der Waals surface area contributed by atoms with Crippen molar-refractivity contribution in [1.29, 1.82) is 0 Å². The number of amides is 2. The number of nitrogens with zero attached hydrogens (tertiary/aromatic N) is 2. The lowest BCUT2D eigenvalue weighted by Gasteiger charge is -2.21. The molecule has 126 valence electrons. The summed E-state index contributed by atoms with van der Waals surface area (Å²) in [6.45, 7) is 3.31. The first-order valence-electron chi connectivity index (χ1n) is 8.11. The predicted molar refractivity (Wildman–Crippen MR) is 96.4 cm³/mol. The second-order valence-corrected chi connectivity index (χ2v) is 6.63. The van der Waals surface area contributed by atoms with E-state index in [1.54, 1.807) is 0 Å². The molecule has 0 spiro atoms. The van der Waals surface area contributed by atoms with Crippen LogP contribution >= 0.6 is 11.3 Å². The number of nitrogens with one attached hydrogen (secondary N) is 1. The fraction of sp³-hybridized carbons (Fsp3) is 0.333. The van der Waals surface area contributed by atoms with Crippen molar-refractivity contribution in [2.24, 2.45) is 0 Å². The molecule has 1 aliphatic rings. The molecule has 0 bridgehead atoms. The highest BCUT2D eigenvalue weighted by atomic mass is 32.1. The van der Waals surface area contributed by atoms with Crippen LogP contribution in [0.2, 0.25) is 0 Å². The number of rotatable bonds is 4. The maximum atomic E-state index is 12.4. The van der Waals surface area contributed by atoms with E-state index < -0.39 is 0 Å². The highest BCUT2D eigenvalue weighted by Crippen LogP contribution is 2.12. The van der Waals surface area contributed by atoms with Gasteiger partial charge in [-0.05, 0) is 30.0 Å². The van der Waals surface area contributed by atoms with Gasteiger partial charge in [0.05, 0.1) is 12.1 Å². The lowest BCUT2D eigenvalue weighted by Crippen LogP contribution is -2.37. The Morgan fingerprint density at radius 3 is 2.62 bits per heavy atom. The number of thiophene rings is 1. The number of anilines is 1. The minimum Gasteiger partial charge on any atom is -0.337 e. The van der Waals surface area contributed by atoms with E-state index in [0.717, 1.165) is 37.3 Å². The monoisotopic (exact) mass is 343 g/mol. The highest BCUT2D eigenvalue weighted by Gasteiger charge is 2.21. The van der Waals surface area contributed by atoms with Gasteiger partial charge < -0.3 is 10.2 Å². The molecule has 0 aliphatic carbocycles. The first-order valence-corrected chi connectivity index (χ1v) is 9.05. The van der Waals surface area contributed by atoms with Gasteiger partial charge in [0.1, 0.15) is 0 Å². The Bertz CT molecular complexity index is 673. The van der Waals surface area contributed by atoms with Gasteiger partial charge in [0, 0.05) is 37.2 Å². The predicted octanol–water partition coefficient (Wildman–Crippen LogP) is 2.53. The van der Waals surface area contributed by atoms with Gasteiger partial charge in [-0.2, -0.15) is 11.3 Å².